The second-order valence-corrected chi connectivity index (χ2v) is 3.32. The van der Waals surface area contributed by atoms with Crippen LogP contribution in [0, 0.1) is 11.9 Å². The maximum absolute atomic E-state index is 12.8. The van der Waals surface area contributed by atoms with E-state index in [4.69, 9.17) is 23.2 Å². The summed E-state index contributed by atoms with van der Waals surface area (Å²) in [5, 5.41) is -0.562. The quantitative estimate of drug-likeness (QED) is 0.685. The maximum Gasteiger partial charge on any atom is 0.236 e. The van der Waals surface area contributed by atoms with E-state index in [1.165, 1.54) is 4.90 Å². The third kappa shape index (κ3) is 1.84. The Labute approximate surface area is 84.1 Å². The topological polar surface area (TPSA) is 16.1 Å². The minimum absolute atomic E-state index is 0.0910. The van der Waals surface area contributed by atoms with Crippen LogP contribution in [0.25, 0.3) is 0 Å². The molecule has 0 saturated heterocycles. The number of anilines is 1. The molecular weight excluding hydrogens is 221 g/mol. The van der Waals surface area contributed by atoms with E-state index in [1.54, 1.807) is 14.1 Å². The molecule has 13 heavy (non-hydrogen) atoms. The highest BCUT2D eigenvalue weighted by atomic mass is 35.5. The number of hydrogen-bond acceptors (Lipinski definition) is 2. The molecule has 0 unspecified atom stereocenters. The summed E-state index contributed by atoms with van der Waals surface area (Å²) in [6.45, 7) is 0. The van der Waals surface area contributed by atoms with E-state index in [2.05, 4.69) is 4.98 Å². The van der Waals surface area contributed by atoms with Crippen LogP contribution in [0.15, 0.2) is 0 Å². The van der Waals surface area contributed by atoms with Crippen molar-refractivity contribution in [3.8, 4) is 0 Å². The molecule has 0 bridgehead atoms. The average molecular weight is 227 g/mol. The maximum atomic E-state index is 12.8. The van der Waals surface area contributed by atoms with E-state index >= 15 is 0 Å². The first-order valence-electron chi connectivity index (χ1n) is 3.32. The Morgan fingerprint density at radius 2 is 1.46 bits per heavy atom. The van der Waals surface area contributed by atoms with Gasteiger partial charge in [0.1, 0.15) is 10.0 Å². The molecule has 1 aromatic heterocycles. The van der Waals surface area contributed by atoms with Gasteiger partial charge in [0.15, 0.2) is 0 Å². The molecular formula is C7H6Cl2F2N2. The summed E-state index contributed by atoms with van der Waals surface area (Å²) in [5.41, 5.74) is 0.0910. The van der Waals surface area contributed by atoms with Crippen molar-refractivity contribution in [3.63, 3.8) is 0 Å². The van der Waals surface area contributed by atoms with Crippen LogP contribution in [0.3, 0.4) is 0 Å². The van der Waals surface area contributed by atoms with Gasteiger partial charge in [0, 0.05) is 14.1 Å². The molecule has 0 radical (unpaired) electrons. The van der Waals surface area contributed by atoms with Gasteiger partial charge in [-0.15, -0.1) is 0 Å². The first-order valence-corrected chi connectivity index (χ1v) is 4.08. The zero-order valence-corrected chi connectivity index (χ0v) is 8.42. The molecule has 0 atom stereocenters. The standard InChI is InChI=1S/C7H6Cl2F2N2/c1-13(2)5-3(8)6(10)12-7(11)4(5)9/h1-2H3. The Morgan fingerprint density at radius 3 is 1.77 bits per heavy atom. The lowest BCUT2D eigenvalue weighted by Crippen LogP contribution is -2.12. The molecule has 0 aromatic carbocycles. The third-order valence-electron chi connectivity index (χ3n) is 1.42. The van der Waals surface area contributed by atoms with Gasteiger partial charge < -0.3 is 4.90 Å². The minimum Gasteiger partial charge on any atom is -0.375 e. The van der Waals surface area contributed by atoms with Crippen molar-refractivity contribution < 1.29 is 8.78 Å². The molecule has 0 aliphatic heterocycles. The SMILES string of the molecule is CN(C)c1c(Cl)c(F)nc(F)c1Cl. The zero-order valence-electron chi connectivity index (χ0n) is 6.91. The molecule has 0 aliphatic rings. The number of pyridine rings is 1. The summed E-state index contributed by atoms with van der Waals surface area (Å²) in [6.07, 6.45) is 0. The van der Waals surface area contributed by atoms with E-state index in [9.17, 15) is 8.78 Å². The summed E-state index contributed by atoms with van der Waals surface area (Å²) in [6, 6.07) is 0. The van der Waals surface area contributed by atoms with E-state index in [0.29, 0.717) is 0 Å². The van der Waals surface area contributed by atoms with Gasteiger partial charge in [-0.25, -0.2) is 0 Å². The molecule has 0 saturated carbocycles. The Kier molecular flexibility index (Phi) is 2.93. The van der Waals surface area contributed by atoms with Gasteiger partial charge in [-0.3, -0.25) is 0 Å². The predicted molar refractivity (Wildman–Crippen MR) is 48.5 cm³/mol. The molecule has 0 amide bonds. The highest BCUT2D eigenvalue weighted by Crippen LogP contribution is 2.34. The number of aromatic nitrogens is 1. The van der Waals surface area contributed by atoms with Gasteiger partial charge in [-0.2, -0.15) is 13.8 Å². The Bertz CT molecular complexity index is 316. The summed E-state index contributed by atoms with van der Waals surface area (Å²) >= 11 is 11.1. The highest BCUT2D eigenvalue weighted by molar-refractivity contribution is 6.39. The molecule has 0 fully saturated rings. The van der Waals surface area contributed by atoms with Gasteiger partial charge in [0.2, 0.25) is 11.9 Å². The van der Waals surface area contributed by atoms with Crippen LogP contribution in [-0.2, 0) is 0 Å². The minimum atomic E-state index is -1.06. The number of rotatable bonds is 1. The number of nitrogens with zero attached hydrogens (tertiary/aromatic N) is 2. The van der Waals surface area contributed by atoms with Crippen LogP contribution >= 0.6 is 23.2 Å². The second kappa shape index (κ2) is 3.64. The van der Waals surface area contributed by atoms with Crippen LogP contribution in [0.2, 0.25) is 10.0 Å². The van der Waals surface area contributed by atoms with Gasteiger partial charge in [-0.1, -0.05) is 23.2 Å². The van der Waals surface area contributed by atoms with Crippen molar-refractivity contribution in [2.75, 3.05) is 19.0 Å². The molecule has 1 aromatic rings. The Hall–Kier alpha value is -0.610. The summed E-state index contributed by atoms with van der Waals surface area (Å²) in [4.78, 5) is 4.31. The van der Waals surface area contributed by atoms with Crippen molar-refractivity contribution in [2.24, 2.45) is 0 Å². The Morgan fingerprint density at radius 1 is 1.08 bits per heavy atom. The fourth-order valence-corrected chi connectivity index (χ4v) is 1.53. The number of halogens is 4. The number of hydrogen-bond donors (Lipinski definition) is 0. The summed E-state index contributed by atoms with van der Waals surface area (Å²) in [5.74, 6) is -2.13. The lowest BCUT2D eigenvalue weighted by atomic mass is 10.3. The van der Waals surface area contributed by atoms with Crippen LogP contribution in [0.1, 0.15) is 0 Å². The zero-order chi connectivity index (χ0) is 10.2. The van der Waals surface area contributed by atoms with Gasteiger partial charge in [0.05, 0.1) is 5.69 Å². The third-order valence-corrected chi connectivity index (χ3v) is 2.09. The lowest BCUT2D eigenvalue weighted by Gasteiger charge is -2.15. The van der Waals surface area contributed by atoms with Gasteiger partial charge in [0.25, 0.3) is 0 Å². The van der Waals surface area contributed by atoms with E-state index in [-0.39, 0.29) is 15.7 Å². The average Bonchev–Trinajstić information content (AvgIpc) is 2.01. The van der Waals surface area contributed by atoms with Crippen LogP contribution in [0.4, 0.5) is 14.5 Å². The molecule has 0 spiro atoms. The van der Waals surface area contributed by atoms with Crippen molar-refractivity contribution in [1.29, 1.82) is 0 Å². The fourth-order valence-electron chi connectivity index (χ4n) is 0.869. The van der Waals surface area contributed by atoms with E-state index in [1.807, 2.05) is 0 Å². The van der Waals surface area contributed by atoms with E-state index in [0.717, 1.165) is 0 Å². The molecule has 72 valence electrons. The van der Waals surface area contributed by atoms with Gasteiger partial charge in [-0.05, 0) is 0 Å². The molecule has 0 N–H and O–H groups in total. The second-order valence-electron chi connectivity index (χ2n) is 2.56. The first-order chi connectivity index (χ1) is 5.95. The van der Waals surface area contributed by atoms with Crippen LogP contribution < -0.4 is 4.90 Å². The highest BCUT2D eigenvalue weighted by Gasteiger charge is 2.18. The largest absolute Gasteiger partial charge is 0.375 e. The monoisotopic (exact) mass is 226 g/mol. The van der Waals surface area contributed by atoms with Crippen LogP contribution in [0.5, 0.6) is 0 Å². The van der Waals surface area contributed by atoms with Crippen molar-refractivity contribution in [2.45, 2.75) is 0 Å². The smallest absolute Gasteiger partial charge is 0.236 e. The van der Waals surface area contributed by atoms with Crippen molar-refractivity contribution in [3.05, 3.63) is 21.9 Å². The fraction of sp³-hybridized carbons (Fsp3) is 0.286. The van der Waals surface area contributed by atoms with E-state index < -0.39 is 11.9 Å². The van der Waals surface area contributed by atoms with Crippen LogP contribution in [-0.4, -0.2) is 19.1 Å². The predicted octanol–water partition coefficient (Wildman–Crippen LogP) is 2.73. The first kappa shape index (κ1) is 10.5. The molecule has 1 heterocycles. The molecule has 0 aliphatic carbocycles. The summed E-state index contributed by atoms with van der Waals surface area (Å²) < 4.78 is 25.6. The van der Waals surface area contributed by atoms with Crippen molar-refractivity contribution in [1.82, 2.24) is 4.98 Å². The van der Waals surface area contributed by atoms with Gasteiger partial charge >= 0.3 is 0 Å². The molecule has 1 rings (SSSR count). The summed E-state index contributed by atoms with van der Waals surface area (Å²) in [7, 11) is 3.15. The normalized spacial score (nSPS) is 10.3. The molecule has 2 nitrogen and oxygen atoms in total. The lowest BCUT2D eigenvalue weighted by molar-refractivity contribution is 0.513. The van der Waals surface area contributed by atoms with Crippen molar-refractivity contribution >= 4 is 28.9 Å². The molecule has 6 heteroatoms. The Balaban J connectivity index is 3.46.